The molecule has 0 radical (unpaired) electrons. The van der Waals surface area contributed by atoms with Crippen LogP contribution in [0.5, 0.6) is 0 Å². The number of nitrogens with zero attached hydrogens (tertiary/aromatic N) is 3. The van der Waals surface area contributed by atoms with Gasteiger partial charge < -0.3 is 0 Å². The van der Waals surface area contributed by atoms with Gasteiger partial charge in [-0.25, -0.2) is 0 Å². The van der Waals surface area contributed by atoms with Crippen molar-refractivity contribution in [2.45, 2.75) is 6.92 Å². The zero-order valence-corrected chi connectivity index (χ0v) is 6.97. The fourth-order valence-corrected chi connectivity index (χ4v) is 1.34. The molecule has 1 atom stereocenters. The summed E-state index contributed by atoms with van der Waals surface area (Å²) in [6.07, 6.45) is 4.71. The van der Waals surface area contributed by atoms with Crippen LogP contribution in [0.4, 0.5) is 0 Å². The molecule has 0 bridgehead atoms. The first-order chi connectivity index (χ1) is 6.18. The lowest BCUT2D eigenvalue weighted by Gasteiger charge is -2.08. The molecule has 0 saturated heterocycles. The maximum atomic E-state index is 10.4. The standard InChI is InChI=1S/C8H7N3O2/c1-5-7-3-2-6(11(12)13)4-8(7)10-9-5/h2-4,7H,1H3/t7-/m1/s1. The Balaban J connectivity index is 2.33. The van der Waals surface area contributed by atoms with Crippen LogP contribution in [-0.4, -0.2) is 16.3 Å². The van der Waals surface area contributed by atoms with Crippen molar-refractivity contribution in [3.63, 3.8) is 0 Å². The molecule has 0 aromatic rings. The van der Waals surface area contributed by atoms with Gasteiger partial charge in [0.05, 0.1) is 22.3 Å². The quantitative estimate of drug-likeness (QED) is 0.445. The summed E-state index contributed by atoms with van der Waals surface area (Å²) in [5.74, 6) is 0.0451. The van der Waals surface area contributed by atoms with Gasteiger partial charge in [0, 0.05) is 12.2 Å². The lowest BCUT2D eigenvalue weighted by Crippen LogP contribution is -2.18. The van der Waals surface area contributed by atoms with Crippen molar-refractivity contribution in [3.05, 3.63) is 34.0 Å². The summed E-state index contributed by atoms with van der Waals surface area (Å²) in [6, 6.07) is 0. The van der Waals surface area contributed by atoms with Crippen LogP contribution in [0.2, 0.25) is 0 Å². The van der Waals surface area contributed by atoms with Crippen molar-refractivity contribution < 1.29 is 4.92 Å². The second kappa shape index (κ2) is 2.62. The maximum Gasteiger partial charge on any atom is 0.271 e. The molecule has 0 saturated carbocycles. The van der Waals surface area contributed by atoms with Crippen LogP contribution >= 0.6 is 0 Å². The second-order valence-corrected chi connectivity index (χ2v) is 2.93. The topological polar surface area (TPSA) is 67.9 Å². The summed E-state index contributed by atoms with van der Waals surface area (Å²) in [5.41, 5.74) is 1.61. The third-order valence-electron chi connectivity index (χ3n) is 2.06. The van der Waals surface area contributed by atoms with Crippen molar-refractivity contribution >= 4 is 11.4 Å². The molecule has 2 aliphatic rings. The van der Waals surface area contributed by atoms with Gasteiger partial charge in [-0.1, -0.05) is 6.08 Å². The lowest BCUT2D eigenvalue weighted by molar-refractivity contribution is -0.418. The predicted molar refractivity (Wildman–Crippen MR) is 48.3 cm³/mol. The minimum Gasteiger partial charge on any atom is -0.258 e. The SMILES string of the molecule is CC1=NN=C2C=C([N+](=O)[O-])C=C[C@H]12. The largest absolute Gasteiger partial charge is 0.271 e. The van der Waals surface area contributed by atoms with E-state index >= 15 is 0 Å². The number of hydrogen-bond donors (Lipinski definition) is 0. The normalized spacial score (nSPS) is 24.7. The van der Waals surface area contributed by atoms with Gasteiger partial charge in [-0.05, 0) is 6.92 Å². The Morgan fingerprint density at radius 1 is 1.54 bits per heavy atom. The average Bonchev–Trinajstić information content (AvgIpc) is 2.47. The molecule has 0 aromatic carbocycles. The highest BCUT2D eigenvalue weighted by Gasteiger charge is 2.26. The maximum absolute atomic E-state index is 10.4. The molecule has 2 rings (SSSR count). The van der Waals surface area contributed by atoms with Crippen LogP contribution in [0.3, 0.4) is 0 Å². The molecule has 1 aliphatic carbocycles. The Morgan fingerprint density at radius 2 is 2.31 bits per heavy atom. The van der Waals surface area contributed by atoms with E-state index in [2.05, 4.69) is 10.2 Å². The molecule has 0 spiro atoms. The Hall–Kier alpha value is -1.78. The molecule has 0 amide bonds. The van der Waals surface area contributed by atoms with Crippen molar-refractivity contribution in [1.82, 2.24) is 0 Å². The van der Waals surface area contributed by atoms with E-state index in [4.69, 9.17) is 0 Å². The number of hydrogen-bond acceptors (Lipinski definition) is 4. The fourth-order valence-electron chi connectivity index (χ4n) is 1.34. The highest BCUT2D eigenvalue weighted by molar-refractivity contribution is 6.16. The van der Waals surface area contributed by atoms with Crippen LogP contribution in [0, 0.1) is 16.0 Å². The van der Waals surface area contributed by atoms with E-state index in [1.54, 1.807) is 6.08 Å². The van der Waals surface area contributed by atoms with Gasteiger partial charge in [-0.15, -0.1) is 0 Å². The van der Waals surface area contributed by atoms with Crippen molar-refractivity contribution in [2.24, 2.45) is 16.1 Å². The Morgan fingerprint density at radius 3 is 3.00 bits per heavy atom. The van der Waals surface area contributed by atoms with Gasteiger partial charge in [0.25, 0.3) is 5.70 Å². The monoisotopic (exact) mass is 177 g/mol. The number of fused-ring (bicyclic) bond motifs is 1. The molecule has 13 heavy (non-hydrogen) atoms. The van der Waals surface area contributed by atoms with Gasteiger partial charge >= 0.3 is 0 Å². The number of rotatable bonds is 1. The summed E-state index contributed by atoms with van der Waals surface area (Å²) in [5, 5.41) is 18.1. The van der Waals surface area contributed by atoms with E-state index in [1.165, 1.54) is 12.2 Å². The fraction of sp³-hybridized carbons (Fsp3) is 0.250. The molecule has 0 aromatic heterocycles. The molecule has 5 heteroatoms. The highest BCUT2D eigenvalue weighted by atomic mass is 16.6. The molecule has 0 N–H and O–H groups in total. The smallest absolute Gasteiger partial charge is 0.258 e. The van der Waals surface area contributed by atoms with Gasteiger partial charge in [0.1, 0.15) is 0 Å². The first kappa shape index (κ1) is 7.85. The third-order valence-corrected chi connectivity index (χ3v) is 2.06. The summed E-state index contributed by atoms with van der Waals surface area (Å²) in [7, 11) is 0. The first-order valence-electron chi connectivity index (χ1n) is 3.85. The zero-order chi connectivity index (χ0) is 9.42. The molecule has 0 fully saturated rings. The van der Waals surface area contributed by atoms with E-state index in [0.717, 1.165) is 5.71 Å². The molecule has 1 heterocycles. The van der Waals surface area contributed by atoms with Crippen molar-refractivity contribution in [1.29, 1.82) is 0 Å². The first-order valence-corrected chi connectivity index (χ1v) is 3.85. The van der Waals surface area contributed by atoms with E-state index in [9.17, 15) is 10.1 Å². The zero-order valence-electron chi connectivity index (χ0n) is 6.97. The Kier molecular flexibility index (Phi) is 1.58. The van der Waals surface area contributed by atoms with E-state index in [0.29, 0.717) is 5.71 Å². The van der Waals surface area contributed by atoms with Gasteiger partial charge in [0.2, 0.25) is 0 Å². The summed E-state index contributed by atoms with van der Waals surface area (Å²) in [4.78, 5) is 9.99. The Labute approximate surface area is 74.3 Å². The molecule has 66 valence electrons. The van der Waals surface area contributed by atoms with Gasteiger partial charge in [-0.2, -0.15) is 10.2 Å². The van der Waals surface area contributed by atoms with Crippen LogP contribution in [0.1, 0.15) is 6.92 Å². The Bertz CT molecular complexity index is 390. The number of nitro groups is 1. The number of allylic oxidation sites excluding steroid dienone is 3. The highest BCUT2D eigenvalue weighted by Crippen LogP contribution is 2.20. The third kappa shape index (κ3) is 1.18. The van der Waals surface area contributed by atoms with Crippen LogP contribution in [0.25, 0.3) is 0 Å². The second-order valence-electron chi connectivity index (χ2n) is 2.93. The van der Waals surface area contributed by atoms with E-state index in [-0.39, 0.29) is 11.6 Å². The van der Waals surface area contributed by atoms with E-state index in [1.807, 2.05) is 6.92 Å². The minimum atomic E-state index is -0.428. The molecular formula is C8H7N3O2. The molecule has 0 unspecified atom stereocenters. The lowest BCUT2D eigenvalue weighted by atomic mass is 9.94. The molecule has 1 aliphatic heterocycles. The van der Waals surface area contributed by atoms with Crippen LogP contribution in [0.15, 0.2) is 34.1 Å². The van der Waals surface area contributed by atoms with Crippen LogP contribution in [-0.2, 0) is 0 Å². The summed E-state index contributed by atoms with van der Waals surface area (Å²) in [6.45, 7) is 1.86. The predicted octanol–water partition coefficient (Wildman–Crippen LogP) is 1.16. The van der Waals surface area contributed by atoms with E-state index < -0.39 is 4.92 Å². The van der Waals surface area contributed by atoms with Crippen LogP contribution < -0.4 is 0 Å². The summed E-state index contributed by atoms with van der Waals surface area (Å²) >= 11 is 0. The van der Waals surface area contributed by atoms with Gasteiger partial charge in [-0.3, -0.25) is 10.1 Å². The summed E-state index contributed by atoms with van der Waals surface area (Å²) < 4.78 is 0. The minimum absolute atomic E-state index is 0.0451. The average molecular weight is 177 g/mol. The van der Waals surface area contributed by atoms with Crippen molar-refractivity contribution in [2.75, 3.05) is 0 Å². The van der Waals surface area contributed by atoms with Crippen molar-refractivity contribution in [3.8, 4) is 0 Å². The van der Waals surface area contributed by atoms with Gasteiger partial charge in [0.15, 0.2) is 0 Å². The molecular weight excluding hydrogens is 170 g/mol. The molecule has 5 nitrogen and oxygen atoms in total.